The molecule has 0 spiro atoms. The van der Waals surface area contributed by atoms with Crippen molar-refractivity contribution in [2.45, 2.75) is 13.8 Å². The van der Waals surface area contributed by atoms with Crippen LogP contribution in [0.1, 0.15) is 12.5 Å². The van der Waals surface area contributed by atoms with Crippen LogP contribution >= 0.6 is 0 Å². The number of hydrogen-bond acceptors (Lipinski definition) is 6. The van der Waals surface area contributed by atoms with Crippen molar-refractivity contribution in [3.63, 3.8) is 0 Å². The van der Waals surface area contributed by atoms with Gasteiger partial charge in [0.15, 0.2) is 24.7 Å². The van der Waals surface area contributed by atoms with E-state index >= 15 is 0 Å². The molecule has 0 aliphatic carbocycles. The lowest BCUT2D eigenvalue weighted by atomic mass is 10.2. The lowest BCUT2D eigenvalue weighted by Crippen LogP contribution is -2.41. The zero-order chi connectivity index (χ0) is 17.2. The zero-order valence-electron chi connectivity index (χ0n) is 13.3. The molecule has 1 rings (SSSR count). The number of aryl methyl sites for hydroxylation is 1. The van der Waals surface area contributed by atoms with Gasteiger partial charge in [-0.1, -0.05) is 6.07 Å². The van der Waals surface area contributed by atoms with Crippen molar-refractivity contribution in [2.75, 3.05) is 26.9 Å². The second-order valence-electron chi connectivity index (χ2n) is 4.51. The minimum atomic E-state index is -0.737. The van der Waals surface area contributed by atoms with E-state index in [9.17, 15) is 14.4 Å². The highest BCUT2D eigenvalue weighted by Gasteiger charge is 2.12. The van der Waals surface area contributed by atoms with E-state index in [-0.39, 0.29) is 6.61 Å². The van der Waals surface area contributed by atoms with Crippen molar-refractivity contribution < 1.29 is 28.6 Å². The molecule has 0 unspecified atom stereocenters. The van der Waals surface area contributed by atoms with Crippen molar-refractivity contribution in [1.82, 2.24) is 10.6 Å². The Bertz CT molecular complexity index is 573. The minimum Gasteiger partial charge on any atom is -0.493 e. The van der Waals surface area contributed by atoms with Crippen LogP contribution in [-0.2, 0) is 14.3 Å². The van der Waals surface area contributed by atoms with Crippen LogP contribution in [0, 0.1) is 6.92 Å². The smallest absolute Gasteiger partial charge is 0.344 e. The lowest BCUT2D eigenvalue weighted by Gasteiger charge is -2.11. The molecule has 0 fully saturated rings. The number of esters is 1. The molecule has 126 valence electrons. The number of ether oxygens (including phenoxy) is 3. The second kappa shape index (κ2) is 9.29. The number of nitrogens with one attached hydrogen (secondary N) is 2. The Morgan fingerprint density at radius 3 is 2.52 bits per heavy atom. The fraction of sp³-hybridized carbons (Fsp3) is 0.400. The summed E-state index contributed by atoms with van der Waals surface area (Å²) in [5, 5.41) is 4.39. The summed E-state index contributed by atoms with van der Waals surface area (Å²) >= 11 is 0. The summed E-state index contributed by atoms with van der Waals surface area (Å²) in [6.45, 7) is 3.04. The van der Waals surface area contributed by atoms with Gasteiger partial charge in [-0.15, -0.1) is 0 Å². The first kappa shape index (κ1) is 18.3. The van der Waals surface area contributed by atoms with Gasteiger partial charge in [-0.3, -0.25) is 10.1 Å². The number of carbonyl (C=O) groups excluding carboxylic acids is 3. The molecule has 3 amide bonds. The number of imide groups is 1. The first-order valence-corrected chi connectivity index (χ1v) is 6.97. The highest BCUT2D eigenvalue weighted by atomic mass is 16.6. The van der Waals surface area contributed by atoms with Crippen LogP contribution in [-0.4, -0.2) is 44.8 Å². The van der Waals surface area contributed by atoms with E-state index in [0.717, 1.165) is 5.56 Å². The number of rotatable bonds is 7. The second-order valence-corrected chi connectivity index (χ2v) is 4.51. The van der Waals surface area contributed by atoms with Gasteiger partial charge in [-0.2, -0.15) is 0 Å². The molecule has 0 aromatic heterocycles. The Morgan fingerprint density at radius 2 is 1.87 bits per heavy atom. The third-order valence-electron chi connectivity index (χ3n) is 2.62. The summed E-state index contributed by atoms with van der Waals surface area (Å²) < 4.78 is 15.1. The minimum absolute atomic E-state index is 0.380. The first-order valence-electron chi connectivity index (χ1n) is 6.97. The van der Waals surface area contributed by atoms with E-state index in [1.807, 2.05) is 18.3 Å². The highest BCUT2D eigenvalue weighted by Crippen LogP contribution is 2.27. The van der Waals surface area contributed by atoms with Gasteiger partial charge in [0, 0.05) is 6.54 Å². The van der Waals surface area contributed by atoms with Gasteiger partial charge < -0.3 is 19.5 Å². The van der Waals surface area contributed by atoms with Crippen molar-refractivity contribution in [3.8, 4) is 11.5 Å². The Balaban J connectivity index is 2.37. The van der Waals surface area contributed by atoms with Crippen molar-refractivity contribution in [3.05, 3.63) is 23.8 Å². The maximum absolute atomic E-state index is 11.5. The summed E-state index contributed by atoms with van der Waals surface area (Å²) in [5.74, 6) is -0.579. The van der Waals surface area contributed by atoms with E-state index < -0.39 is 24.5 Å². The summed E-state index contributed by atoms with van der Waals surface area (Å²) in [5.41, 5.74) is 0.985. The SMILES string of the molecule is CCNC(=O)NC(=O)COC(=O)COc1ccc(C)cc1OC. The van der Waals surface area contributed by atoms with Crippen LogP contribution in [0.15, 0.2) is 18.2 Å². The first-order chi connectivity index (χ1) is 11.0. The molecule has 8 heteroatoms. The van der Waals surface area contributed by atoms with Crippen LogP contribution in [0.3, 0.4) is 0 Å². The van der Waals surface area contributed by atoms with Crippen LogP contribution in [0.25, 0.3) is 0 Å². The molecule has 23 heavy (non-hydrogen) atoms. The third-order valence-corrected chi connectivity index (χ3v) is 2.62. The molecule has 0 aliphatic rings. The molecule has 0 saturated heterocycles. The summed E-state index contributed by atoms with van der Waals surface area (Å²) in [6.07, 6.45) is 0. The number of hydrogen-bond donors (Lipinski definition) is 2. The average molecular weight is 324 g/mol. The molecule has 0 saturated carbocycles. The van der Waals surface area contributed by atoms with Crippen LogP contribution < -0.4 is 20.1 Å². The largest absolute Gasteiger partial charge is 0.493 e. The van der Waals surface area contributed by atoms with Gasteiger partial charge in [0.1, 0.15) is 0 Å². The molecule has 2 N–H and O–H groups in total. The normalized spacial score (nSPS) is 9.70. The van der Waals surface area contributed by atoms with Gasteiger partial charge in [0.25, 0.3) is 5.91 Å². The molecule has 0 bridgehead atoms. The van der Waals surface area contributed by atoms with E-state index in [1.165, 1.54) is 7.11 Å². The zero-order valence-corrected chi connectivity index (χ0v) is 13.3. The van der Waals surface area contributed by atoms with Gasteiger partial charge in [0.05, 0.1) is 7.11 Å². The fourth-order valence-corrected chi connectivity index (χ4v) is 1.59. The Hall–Kier alpha value is -2.77. The van der Waals surface area contributed by atoms with Crippen molar-refractivity contribution >= 4 is 17.9 Å². The van der Waals surface area contributed by atoms with E-state index in [4.69, 9.17) is 14.2 Å². The highest BCUT2D eigenvalue weighted by molar-refractivity contribution is 5.95. The Kier molecular flexibility index (Phi) is 7.38. The van der Waals surface area contributed by atoms with Gasteiger partial charge >= 0.3 is 12.0 Å². The van der Waals surface area contributed by atoms with Gasteiger partial charge in [-0.05, 0) is 31.5 Å². The van der Waals surface area contributed by atoms with E-state index in [2.05, 4.69) is 5.32 Å². The molecular weight excluding hydrogens is 304 g/mol. The molecule has 0 atom stereocenters. The Labute approximate surface area is 134 Å². The number of urea groups is 1. The monoisotopic (exact) mass is 324 g/mol. The summed E-state index contributed by atoms with van der Waals surface area (Å²) in [4.78, 5) is 33.9. The predicted molar refractivity (Wildman–Crippen MR) is 81.4 cm³/mol. The maximum atomic E-state index is 11.5. The number of carbonyl (C=O) groups is 3. The number of amides is 3. The molecule has 0 heterocycles. The Morgan fingerprint density at radius 1 is 1.13 bits per heavy atom. The predicted octanol–water partition coefficient (Wildman–Crippen LogP) is 0.771. The van der Waals surface area contributed by atoms with Crippen molar-refractivity contribution in [2.24, 2.45) is 0 Å². The average Bonchev–Trinajstić information content (AvgIpc) is 2.51. The molecule has 1 aromatic carbocycles. The summed E-state index contributed by atoms with van der Waals surface area (Å²) in [7, 11) is 1.49. The third kappa shape index (κ3) is 6.68. The number of methoxy groups -OCH3 is 1. The molecule has 0 radical (unpaired) electrons. The maximum Gasteiger partial charge on any atom is 0.344 e. The van der Waals surface area contributed by atoms with Crippen molar-refractivity contribution in [1.29, 1.82) is 0 Å². The molecular formula is C15H20N2O6. The molecule has 0 aliphatic heterocycles. The van der Waals surface area contributed by atoms with Crippen LogP contribution in [0.4, 0.5) is 4.79 Å². The molecule has 1 aromatic rings. The van der Waals surface area contributed by atoms with Crippen LogP contribution in [0.2, 0.25) is 0 Å². The lowest BCUT2D eigenvalue weighted by molar-refractivity contribution is -0.150. The summed E-state index contributed by atoms with van der Waals surface area (Å²) in [6, 6.07) is 4.60. The fourth-order valence-electron chi connectivity index (χ4n) is 1.59. The van der Waals surface area contributed by atoms with Gasteiger partial charge in [0.2, 0.25) is 0 Å². The van der Waals surface area contributed by atoms with E-state index in [0.29, 0.717) is 18.0 Å². The van der Waals surface area contributed by atoms with E-state index in [1.54, 1.807) is 19.1 Å². The molecule has 8 nitrogen and oxygen atoms in total. The topological polar surface area (TPSA) is 103 Å². The quantitative estimate of drug-likeness (QED) is 0.718. The number of benzene rings is 1. The van der Waals surface area contributed by atoms with Crippen LogP contribution in [0.5, 0.6) is 11.5 Å². The van der Waals surface area contributed by atoms with Gasteiger partial charge in [-0.25, -0.2) is 9.59 Å². The standard InChI is InChI=1S/C15H20N2O6/c1-4-16-15(20)17-13(18)8-23-14(19)9-22-11-6-5-10(2)7-12(11)21-3/h5-7H,4,8-9H2,1-3H3,(H2,16,17,18,20).